The summed E-state index contributed by atoms with van der Waals surface area (Å²) in [5, 5.41) is 0. The quantitative estimate of drug-likeness (QED) is 0.643. The van der Waals surface area contributed by atoms with Crippen molar-refractivity contribution in [2.24, 2.45) is 0 Å². The van der Waals surface area contributed by atoms with Gasteiger partial charge in [-0.2, -0.15) is 4.37 Å². The number of pyridine rings is 1. The maximum atomic E-state index is 4.32. The van der Waals surface area contributed by atoms with Crippen molar-refractivity contribution in [3.8, 4) is 0 Å². The molecule has 14 heavy (non-hydrogen) atoms. The fraction of sp³-hybridized carbons (Fsp3) is 0.125. The molecular formula is C8H6BrN3S2. The van der Waals surface area contributed by atoms with Gasteiger partial charge in [0.1, 0.15) is 10.9 Å². The van der Waals surface area contributed by atoms with E-state index in [2.05, 4.69) is 30.3 Å². The summed E-state index contributed by atoms with van der Waals surface area (Å²) in [4.78, 5) is 8.41. The number of hydrogen-bond donors (Lipinski definition) is 0. The number of thioether (sulfide) groups is 1. The third-order valence-electron chi connectivity index (χ3n) is 1.46. The lowest BCUT2D eigenvalue weighted by Gasteiger charge is -1.97. The summed E-state index contributed by atoms with van der Waals surface area (Å²) in [6, 6.07) is 5.89. The van der Waals surface area contributed by atoms with Crippen LogP contribution in [0.25, 0.3) is 0 Å². The molecular weight excluding hydrogens is 282 g/mol. The predicted molar refractivity (Wildman–Crippen MR) is 61.4 cm³/mol. The molecule has 3 nitrogen and oxygen atoms in total. The number of aromatic nitrogens is 3. The van der Waals surface area contributed by atoms with Crippen LogP contribution in [0.1, 0.15) is 5.69 Å². The van der Waals surface area contributed by atoms with E-state index in [1.165, 1.54) is 11.5 Å². The van der Waals surface area contributed by atoms with E-state index >= 15 is 0 Å². The Morgan fingerprint density at radius 3 is 3.07 bits per heavy atom. The average Bonchev–Trinajstić information content (AvgIpc) is 2.67. The molecule has 2 aromatic heterocycles. The van der Waals surface area contributed by atoms with Gasteiger partial charge in [0, 0.05) is 5.75 Å². The van der Waals surface area contributed by atoms with Gasteiger partial charge in [0.25, 0.3) is 0 Å². The second-order valence-corrected chi connectivity index (χ2v) is 5.26. The van der Waals surface area contributed by atoms with E-state index < -0.39 is 0 Å². The molecule has 0 unspecified atom stereocenters. The van der Waals surface area contributed by atoms with E-state index in [0.717, 1.165) is 20.4 Å². The number of hydrogen-bond acceptors (Lipinski definition) is 5. The molecule has 0 aliphatic heterocycles. The smallest absolute Gasteiger partial charge is 0.170 e. The Morgan fingerprint density at radius 2 is 2.36 bits per heavy atom. The number of nitrogens with zero attached hydrogens (tertiary/aromatic N) is 3. The molecule has 0 radical (unpaired) electrons. The van der Waals surface area contributed by atoms with Gasteiger partial charge in [0.15, 0.2) is 4.34 Å². The first-order chi connectivity index (χ1) is 6.84. The van der Waals surface area contributed by atoms with Crippen LogP contribution >= 0.6 is 39.2 Å². The van der Waals surface area contributed by atoms with Gasteiger partial charge in [0.05, 0.1) is 5.69 Å². The van der Waals surface area contributed by atoms with E-state index in [9.17, 15) is 0 Å². The van der Waals surface area contributed by atoms with Gasteiger partial charge < -0.3 is 0 Å². The molecule has 0 aromatic carbocycles. The molecule has 2 aromatic rings. The zero-order valence-electron chi connectivity index (χ0n) is 7.05. The minimum absolute atomic E-state index is 0.828. The molecule has 0 amide bonds. The molecule has 0 saturated heterocycles. The first-order valence-corrected chi connectivity index (χ1v) is 6.41. The minimum atomic E-state index is 0.828. The SMILES string of the molecule is Brc1cccc(CSc2ncns2)n1. The highest BCUT2D eigenvalue weighted by atomic mass is 79.9. The molecule has 0 atom stereocenters. The summed E-state index contributed by atoms with van der Waals surface area (Å²) in [7, 11) is 0. The van der Waals surface area contributed by atoms with E-state index in [-0.39, 0.29) is 0 Å². The van der Waals surface area contributed by atoms with Gasteiger partial charge in [0.2, 0.25) is 0 Å². The van der Waals surface area contributed by atoms with E-state index in [1.807, 2.05) is 18.2 Å². The summed E-state index contributed by atoms with van der Waals surface area (Å²) in [5.41, 5.74) is 1.04. The molecule has 72 valence electrons. The van der Waals surface area contributed by atoms with Crippen LogP contribution in [0.5, 0.6) is 0 Å². The van der Waals surface area contributed by atoms with Crippen molar-refractivity contribution in [1.82, 2.24) is 14.3 Å². The van der Waals surface area contributed by atoms with Gasteiger partial charge in [-0.1, -0.05) is 17.8 Å². The van der Waals surface area contributed by atoms with Crippen LogP contribution in [0, 0.1) is 0 Å². The van der Waals surface area contributed by atoms with Crippen molar-refractivity contribution in [3.63, 3.8) is 0 Å². The van der Waals surface area contributed by atoms with Gasteiger partial charge in [-0.25, -0.2) is 9.97 Å². The monoisotopic (exact) mass is 287 g/mol. The van der Waals surface area contributed by atoms with Crippen molar-refractivity contribution in [2.75, 3.05) is 0 Å². The average molecular weight is 288 g/mol. The second kappa shape index (κ2) is 4.86. The molecule has 2 rings (SSSR count). The van der Waals surface area contributed by atoms with Crippen molar-refractivity contribution in [2.45, 2.75) is 10.1 Å². The molecule has 0 aliphatic carbocycles. The van der Waals surface area contributed by atoms with Crippen LogP contribution in [0.3, 0.4) is 0 Å². The summed E-state index contributed by atoms with van der Waals surface area (Å²) in [6.45, 7) is 0. The molecule has 6 heteroatoms. The van der Waals surface area contributed by atoms with Crippen molar-refractivity contribution in [1.29, 1.82) is 0 Å². The lowest BCUT2D eigenvalue weighted by atomic mass is 10.4. The minimum Gasteiger partial charge on any atom is -0.245 e. The van der Waals surface area contributed by atoms with Gasteiger partial charge in [-0.3, -0.25) is 0 Å². The highest BCUT2D eigenvalue weighted by Gasteiger charge is 2.00. The molecule has 0 N–H and O–H groups in total. The lowest BCUT2D eigenvalue weighted by molar-refractivity contribution is 1.14. The predicted octanol–water partition coefficient (Wildman–Crippen LogP) is 2.99. The molecule has 0 bridgehead atoms. The van der Waals surface area contributed by atoms with E-state index in [1.54, 1.807) is 18.1 Å². The third kappa shape index (κ3) is 2.76. The van der Waals surface area contributed by atoms with Crippen LogP contribution in [0.2, 0.25) is 0 Å². The zero-order chi connectivity index (χ0) is 9.80. The van der Waals surface area contributed by atoms with Crippen molar-refractivity contribution < 1.29 is 0 Å². The fourth-order valence-corrected chi connectivity index (χ4v) is 2.62. The van der Waals surface area contributed by atoms with Gasteiger partial charge in [-0.15, -0.1) is 0 Å². The lowest BCUT2D eigenvalue weighted by Crippen LogP contribution is -1.85. The Labute approximate surface area is 98.3 Å². The van der Waals surface area contributed by atoms with Crippen LogP contribution in [0.4, 0.5) is 0 Å². The summed E-state index contributed by atoms with van der Waals surface area (Å²) in [5.74, 6) is 0.828. The summed E-state index contributed by atoms with van der Waals surface area (Å²) < 4.78 is 5.78. The first kappa shape index (κ1) is 10.1. The summed E-state index contributed by atoms with van der Waals surface area (Å²) >= 11 is 6.39. The molecule has 0 saturated carbocycles. The summed E-state index contributed by atoms with van der Waals surface area (Å²) in [6.07, 6.45) is 1.57. The highest BCUT2D eigenvalue weighted by Crippen LogP contribution is 2.22. The molecule has 0 aliphatic rings. The van der Waals surface area contributed by atoms with Crippen molar-refractivity contribution >= 4 is 39.2 Å². The first-order valence-electron chi connectivity index (χ1n) is 3.85. The molecule has 0 spiro atoms. The Kier molecular flexibility index (Phi) is 3.49. The highest BCUT2D eigenvalue weighted by molar-refractivity contribution is 9.10. The molecule has 2 heterocycles. The standard InChI is InChI=1S/C8H6BrN3S2/c9-7-3-1-2-6(12-7)4-13-8-10-5-11-14-8/h1-3,5H,4H2. The van der Waals surface area contributed by atoms with Gasteiger partial charge >= 0.3 is 0 Å². The maximum Gasteiger partial charge on any atom is 0.170 e. The zero-order valence-corrected chi connectivity index (χ0v) is 10.3. The number of halogens is 1. The van der Waals surface area contributed by atoms with Crippen molar-refractivity contribution in [3.05, 3.63) is 34.8 Å². The molecule has 0 fully saturated rings. The van der Waals surface area contributed by atoms with Gasteiger partial charge in [-0.05, 0) is 39.6 Å². The topological polar surface area (TPSA) is 38.7 Å². The normalized spacial score (nSPS) is 10.4. The second-order valence-electron chi connectivity index (χ2n) is 2.45. The van der Waals surface area contributed by atoms with Crippen LogP contribution in [0.15, 0.2) is 33.5 Å². The Balaban J connectivity index is 1.98. The fourth-order valence-electron chi connectivity index (χ4n) is 0.893. The Morgan fingerprint density at radius 1 is 1.43 bits per heavy atom. The maximum absolute atomic E-state index is 4.32. The van der Waals surface area contributed by atoms with Crippen LogP contribution in [-0.2, 0) is 5.75 Å². The number of rotatable bonds is 3. The third-order valence-corrected chi connectivity index (χ3v) is 3.73. The Bertz CT molecular complexity index is 405. The van der Waals surface area contributed by atoms with Crippen LogP contribution in [-0.4, -0.2) is 14.3 Å². The van der Waals surface area contributed by atoms with Crippen LogP contribution < -0.4 is 0 Å². The van der Waals surface area contributed by atoms with E-state index in [0.29, 0.717) is 0 Å². The largest absolute Gasteiger partial charge is 0.245 e. The van der Waals surface area contributed by atoms with E-state index in [4.69, 9.17) is 0 Å². The Hall–Kier alpha value is -0.460.